The minimum atomic E-state index is -0.476. The van der Waals surface area contributed by atoms with Crippen LogP contribution in [-0.4, -0.2) is 38.1 Å². The molecule has 0 spiro atoms. The maximum Gasteiger partial charge on any atom is 0.277 e. The highest BCUT2D eigenvalue weighted by atomic mass is 16.3. The predicted octanol–water partition coefficient (Wildman–Crippen LogP) is 2.18. The van der Waals surface area contributed by atoms with Gasteiger partial charge in [0, 0.05) is 37.2 Å². The second kappa shape index (κ2) is 7.63. The van der Waals surface area contributed by atoms with E-state index >= 15 is 0 Å². The summed E-state index contributed by atoms with van der Waals surface area (Å²) in [7, 11) is 1.69. The number of carbonyl (C=O) groups excluding carboxylic acids is 2. The first-order valence-electron chi connectivity index (χ1n) is 9.14. The molecule has 0 saturated heterocycles. The molecule has 4 bridgehead atoms. The first-order valence-corrected chi connectivity index (χ1v) is 9.14. The van der Waals surface area contributed by atoms with Gasteiger partial charge in [-0.3, -0.25) is 19.3 Å². The topological polar surface area (TPSA) is 115 Å². The molecule has 0 aromatic carbocycles. The first-order chi connectivity index (χ1) is 13.6. The summed E-state index contributed by atoms with van der Waals surface area (Å²) in [5.41, 5.74) is 2.32. The van der Waals surface area contributed by atoms with Gasteiger partial charge >= 0.3 is 0 Å². The van der Waals surface area contributed by atoms with Crippen LogP contribution in [0.15, 0.2) is 35.2 Å². The normalized spacial score (nSPS) is 15.3. The van der Waals surface area contributed by atoms with E-state index in [9.17, 15) is 9.59 Å². The average molecular weight is 380 g/mol. The maximum atomic E-state index is 12.6. The van der Waals surface area contributed by atoms with Crippen LogP contribution in [0.4, 0.5) is 5.69 Å². The Morgan fingerprint density at radius 3 is 2.96 bits per heavy atom. The van der Waals surface area contributed by atoms with Crippen molar-refractivity contribution in [3.05, 3.63) is 47.9 Å². The Balaban J connectivity index is 1.67. The van der Waals surface area contributed by atoms with Crippen LogP contribution in [0, 0.1) is 0 Å². The summed E-state index contributed by atoms with van der Waals surface area (Å²) in [5, 5.41) is 9.70. The standard InChI is InChI=1S/C19H20N6O3/c1-25-10-14-16(24-25)18(27)21-7-4-2-3-5-13-9-12(6-8-20-13)19-23-15(11-28-19)17(26)22-14/h6,8-11H,2-5,7H2,1H3,(H,21,27)(H,22,26). The third-order valence-electron chi connectivity index (χ3n) is 4.49. The number of anilines is 1. The van der Waals surface area contributed by atoms with Crippen molar-refractivity contribution in [3.8, 4) is 11.5 Å². The van der Waals surface area contributed by atoms with Crippen molar-refractivity contribution in [1.82, 2.24) is 25.1 Å². The summed E-state index contributed by atoms with van der Waals surface area (Å²) in [5.74, 6) is -0.452. The molecule has 0 aliphatic carbocycles. The summed E-state index contributed by atoms with van der Waals surface area (Å²) in [6.45, 7) is 0.544. The number of pyridine rings is 1. The van der Waals surface area contributed by atoms with Gasteiger partial charge in [-0.05, 0) is 31.4 Å². The zero-order chi connectivity index (χ0) is 19.5. The van der Waals surface area contributed by atoms with Gasteiger partial charge < -0.3 is 15.1 Å². The molecule has 0 fully saturated rings. The lowest BCUT2D eigenvalue weighted by Crippen LogP contribution is -2.26. The summed E-state index contributed by atoms with van der Waals surface area (Å²) >= 11 is 0. The van der Waals surface area contributed by atoms with Gasteiger partial charge in [0.05, 0.1) is 5.69 Å². The van der Waals surface area contributed by atoms with Crippen molar-refractivity contribution in [2.45, 2.75) is 25.7 Å². The molecule has 1 aliphatic heterocycles. The Hall–Kier alpha value is -3.49. The zero-order valence-corrected chi connectivity index (χ0v) is 15.4. The molecule has 0 saturated carbocycles. The van der Waals surface area contributed by atoms with Gasteiger partial charge in [-0.2, -0.15) is 5.10 Å². The molecule has 0 unspecified atom stereocenters. The molecule has 4 rings (SSSR count). The molecule has 9 heteroatoms. The van der Waals surface area contributed by atoms with E-state index in [-0.39, 0.29) is 17.3 Å². The Labute approximate surface area is 161 Å². The van der Waals surface area contributed by atoms with Gasteiger partial charge in [0.2, 0.25) is 5.89 Å². The fourth-order valence-corrected chi connectivity index (χ4v) is 3.09. The van der Waals surface area contributed by atoms with E-state index in [0.29, 0.717) is 18.1 Å². The van der Waals surface area contributed by atoms with Crippen LogP contribution in [0.1, 0.15) is 45.9 Å². The number of hydrogen-bond donors (Lipinski definition) is 2. The van der Waals surface area contributed by atoms with E-state index in [1.54, 1.807) is 25.5 Å². The monoisotopic (exact) mass is 380 g/mol. The minimum absolute atomic E-state index is 0.118. The Morgan fingerprint density at radius 1 is 1.18 bits per heavy atom. The number of nitrogens with one attached hydrogen (secondary N) is 2. The number of rotatable bonds is 0. The molecular formula is C19H20N6O3. The van der Waals surface area contributed by atoms with E-state index in [4.69, 9.17) is 4.42 Å². The highest BCUT2D eigenvalue weighted by Crippen LogP contribution is 2.21. The SMILES string of the molecule is Cn1cc2c(n1)C(=O)NCCCCCc1cc(ccn1)-c1nc(co1)C(=O)N2. The second-order valence-corrected chi connectivity index (χ2v) is 6.66. The van der Waals surface area contributed by atoms with Crippen molar-refractivity contribution >= 4 is 17.5 Å². The molecular weight excluding hydrogens is 360 g/mol. The van der Waals surface area contributed by atoms with Gasteiger partial charge in [0.15, 0.2) is 11.4 Å². The fraction of sp³-hybridized carbons (Fsp3) is 0.316. The largest absolute Gasteiger partial charge is 0.444 e. The Kier molecular flexibility index (Phi) is 4.88. The van der Waals surface area contributed by atoms with Gasteiger partial charge in [0.1, 0.15) is 6.26 Å². The zero-order valence-electron chi connectivity index (χ0n) is 15.4. The van der Waals surface area contributed by atoms with Crippen LogP contribution in [-0.2, 0) is 13.5 Å². The molecule has 3 aromatic rings. The molecule has 3 aromatic heterocycles. The van der Waals surface area contributed by atoms with Gasteiger partial charge in [-0.1, -0.05) is 6.42 Å². The lowest BCUT2D eigenvalue weighted by molar-refractivity contribution is 0.0948. The third-order valence-corrected chi connectivity index (χ3v) is 4.49. The molecule has 0 atom stereocenters. The van der Waals surface area contributed by atoms with Crippen molar-refractivity contribution in [1.29, 1.82) is 0 Å². The van der Waals surface area contributed by atoms with Crippen molar-refractivity contribution in [2.75, 3.05) is 11.9 Å². The number of carbonyl (C=O) groups is 2. The van der Waals surface area contributed by atoms with Crippen LogP contribution in [0.25, 0.3) is 11.5 Å². The number of aryl methyl sites for hydroxylation is 2. The molecule has 144 valence electrons. The molecule has 1 aliphatic rings. The van der Waals surface area contributed by atoms with Gasteiger partial charge in [-0.25, -0.2) is 4.98 Å². The summed E-state index contributed by atoms with van der Waals surface area (Å²) in [4.78, 5) is 33.7. The van der Waals surface area contributed by atoms with E-state index in [1.807, 2.05) is 6.07 Å². The maximum absolute atomic E-state index is 12.6. The average Bonchev–Trinajstić information content (AvgIpc) is 3.31. The van der Waals surface area contributed by atoms with Crippen LogP contribution in [0.3, 0.4) is 0 Å². The van der Waals surface area contributed by atoms with Gasteiger partial charge in [0.25, 0.3) is 11.8 Å². The van der Waals surface area contributed by atoms with Crippen molar-refractivity contribution in [3.63, 3.8) is 0 Å². The van der Waals surface area contributed by atoms with Crippen LogP contribution >= 0.6 is 0 Å². The van der Waals surface area contributed by atoms with Crippen LogP contribution < -0.4 is 10.6 Å². The second-order valence-electron chi connectivity index (χ2n) is 6.66. The number of amides is 2. The first kappa shape index (κ1) is 17.9. The van der Waals surface area contributed by atoms with Crippen molar-refractivity contribution < 1.29 is 14.0 Å². The highest BCUT2D eigenvalue weighted by Gasteiger charge is 2.20. The molecule has 2 N–H and O–H groups in total. The van der Waals surface area contributed by atoms with Crippen molar-refractivity contribution in [2.24, 2.45) is 7.05 Å². The molecule has 28 heavy (non-hydrogen) atoms. The number of fused-ring (bicyclic) bond motifs is 6. The predicted molar refractivity (Wildman–Crippen MR) is 101 cm³/mol. The number of nitrogens with zero attached hydrogens (tertiary/aromatic N) is 4. The smallest absolute Gasteiger partial charge is 0.277 e. The van der Waals surface area contributed by atoms with E-state index < -0.39 is 5.91 Å². The summed E-state index contributed by atoms with van der Waals surface area (Å²) < 4.78 is 6.97. The van der Waals surface area contributed by atoms with E-state index in [2.05, 4.69) is 25.7 Å². The van der Waals surface area contributed by atoms with Crippen LogP contribution in [0.5, 0.6) is 0 Å². The summed E-state index contributed by atoms with van der Waals surface area (Å²) in [6, 6.07) is 3.72. The van der Waals surface area contributed by atoms with Gasteiger partial charge in [-0.15, -0.1) is 0 Å². The Bertz CT molecular complexity index is 1020. The Morgan fingerprint density at radius 2 is 2.07 bits per heavy atom. The quantitative estimate of drug-likeness (QED) is 0.618. The minimum Gasteiger partial charge on any atom is -0.444 e. The van der Waals surface area contributed by atoms with Crippen LogP contribution in [0.2, 0.25) is 0 Å². The highest BCUT2D eigenvalue weighted by molar-refractivity contribution is 6.07. The molecule has 0 radical (unpaired) electrons. The fourth-order valence-electron chi connectivity index (χ4n) is 3.09. The summed E-state index contributed by atoms with van der Waals surface area (Å²) in [6.07, 6.45) is 8.17. The molecule has 4 heterocycles. The lowest BCUT2D eigenvalue weighted by Gasteiger charge is -2.06. The molecule has 9 nitrogen and oxygen atoms in total. The van der Waals surface area contributed by atoms with E-state index in [0.717, 1.165) is 36.9 Å². The van der Waals surface area contributed by atoms with E-state index in [1.165, 1.54) is 10.9 Å². The number of aromatic nitrogens is 4. The number of hydrogen-bond acceptors (Lipinski definition) is 6. The number of oxazole rings is 1. The molecule has 2 amide bonds. The third kappa shape index (κ3) is 3.78. The lowest BCUT2D eigenvalue weighted by atomic mass is 10.1.